The summed E-state index contributed by atoms with van der Waals surface area (Å²) >= 11 is 0. The Labute approximate surface area is 162 Å². The van der Waals surface area contributed by atoms with Gasteiger partial charge in [0.05, 0.1) is 16.8 Å². The van der Waals surface area contributed by atoms with Crippen LogP contribution in [-0.2, 0) is 12.4 Å². The van der Waals surface area contributed by atoms with Gasteiger partial charge >= 0.3 is 12.4 Å². The molecule has 0 aliphatic carbocycles. The smallest absolute Gasteiger partial charge is 0.416 e. The normalized spacial score (nSPS) is 15.5. The lowest BCUT2D eigenvalue weighted by Crippen LogP contribution is -2.48. The molecule has 0 radical (unpaired) electrons. The van der Waals surface area contributed by atoms with Crippen LogP contribution in [0.2, 0.25) is 0 Å². The van der Waals surface area contributed by atoms with Crippen molar-refractivity contribution in [2.75, 3.05) is 31.1 Å². The van der Waals surface area contributed by atoms with E-state index >= 15 is 0 Å². The van der Waals surface area contributed by atoms with Crippen LogP contribution >= 0.6 is 0 Å². The van der Waals surface area contributed by atoms with Gasteiger partial charge in [0.1, 0.15) is 5.75 Å². The van der Waals surface area contributed by atoms with Crippen molar-refractivity contribution < 1.29 is 36.2 Å². The van der Waals surface area contributed by atoms with Gasteiger partial charge in [0.2, 0.25) is 0 Å². The average molecular weight is 418 g/mol. The molecule has 1 amide bonds. The molecule has 0 spiro atoms. The number of phenolic OH excluding ortho intramolecular Hbond substituents is 1. The number of halogens is 6. The summed E-state index contributed by atoms with van der Waals surface area (Å²) in [6.07, 6.45) is -10.0. The monoisotopic (exact) mass is 418 g/mol. The van der Waals surface area contributed by atoms with Gasteiger partial charge in [-0.3, -0.25) is 4.79 Å². The summed E-state index contributed by atoms with van der Waals surface area (Å²) in [5.74, 6) is -0.862. The summed E-state index contributed by atoms with van der Waals surface area (Å²) < 4.78 is 78.0. The SMILES string of the molecule is O=C(c1cc(C(F)(F)F)cc(C(F)(F)F)c1)N1CCN(c2ccccc2O)CC1. The highest BCUT2D eigenvalue weighted by Crippen LogP contribution is 2.36. The molecule has 10 heteroatoms. The number of phenols is 1. The first kappa shape index (κ1) is 20.8. The topological polar surface area (TPSA) is 43.8 Å². The molecular weight excluding hydrogens is 402 g/mol. The van der Waals surface area contributed by atoms with Gasteiger partial charge in [-0.05, 0) is 30.3 Å². The third kappa shape index (κ3) is 4.57. The van der Waals surface area contributed by atoms with Crippen LogP contribution in [0, 0.1) is 0 Å². The van der Waals surface area contributed by atoms with Gasteiger partial charge in [0.15, 0.2) is 0 Å². The Kier molecular flexibility index (Phi) is 5.38. The van der Waals surface area contributed by atoms with Gasteiger partial charge in [0, 0.05) is 31.7 Å². The second-order valence-electron chi connectivity index (χ2n) is 6.56. The van der Waals surface area contributed by atoms with Crippen molar-refractivity contribution in [2.24, 2.45) is 0 Å². The third-order valence-electron chi connectivity index (χ3n) is 4.62. The Hall–Kier alpha value is -2.91. The lowest BCUT2D eigenvalue weighted by atomic mass is 10.0. The zero-order valence-corrected chi connectivity index (χ0v) is 14.9. The number of aromatic hydroxyl groups is 1. The predicted molar refractivity (Wildman–Crippen MR) is 92.7 cm³/mol. The number of hydrogen-bond acceptors (Lipinski definition) is 3. The van der Waals surface area contributed by atoms with Crippen LogP contribution in [0.25, 0.3) is 0 Å². The Morgan fingerprint density at radius 2 is 1.34 bits per heavy atom. The number of anilines is 1. The zero-order valence-electron chi connectivity index (χ0n) is 14.9. The Balaban J connectivity index is 1.81. The van der Waals surface area contributed by atoms with Gasteiger partial charge in [0.25, 0.3) is 5.91 Å². The van der Waals surface area contributed by atoms with E-state index in [0.29, 0.717) is 17.8 Å². The van der Waals surface area contributed by atoms with Crippen molar-refractivity contribution in [1.82, 2.24) is 4.90 Å². The third-order valence-corrected chi connectivity index (χ3v) is 4.62. The van der Waals surface area contributed by atoms with Gasteiger partial charge in [-0.2, -0.15) is 26.3 Å². The van der Waals surface area contributed by atoms with E-state index in [-0.39, 0.29) is 38.0 Å². The van der Waals surface area contributed by atoms with Crippen molar-refractivity contribution in [2.45, 2.75) is 12.4 Å². The molecule has 29 heavy (non-hydrogen) atoms. The van der Waals surface area contributed by atoms with Crippen LogP contribution in [0.5, 0.6) is 5.75 Å². The van der Waals surface area contributed by atoms with E-state index in [2.05, 4.69) is 0 Å². The fourth-order valence-electron chi connectivity index (χ4n) is 3.14. The number of carbonyl (C=O) groups is 1. The maximum absolute atomic E-state index is 13.0. The minimum absolute atomic E-state index is 0.00705. The van der Waals surface area contributed by atoms with Crippen LogP contribution in [0.1, 0.15) is 21.5 Å². The lowest BCUT2D eigenvalue weighted by molar-refractivity contribution is -0.143. The first-order chi connectivity index (χ1) is 13.5. The summed E-state index contributed by atoms with van der Waals surface area (Å²) in [7, 11) is 0. The number of alkyl halides is 6. The van der Waals surface area contributed by atoms with Crippen molar-refractivity contribution in [1.29, 1.82) is 0 Å². The molecule has 1 fully saturated rings. The van der Waals surface area contributed by atoms with E-state index in [4.69, 9.17) is 0 Å². The first-order valence-corrected chi connectivity index (χ1v) is 8.58. The van der Waals surface area contributed by atoms with E-state index in [1.165, 1.54) is 11.0 Å². The molecule has 0 unspecified atom stereocenters. The fourth-order valence-corrected chi connectivity index (χ4v) is 3.14. The number of hydrogen-bond donors (Lipinski definition) is 1. The number of amides is 1. The molecule has 0 bridgehead atoms. The van der Waals surface area contributed by atoms with Crippen molar-refractivity contribution >= 4 is 11.6 Å². The fraction of sp³-hybridized carbons (Fsp3) is 0.316. The quantitative estimate of drug-likeness (QED) is 0.736. The number of nitrogens with zero attached hydrogens (tertiary/aromatic N) is 2. The van der Waals surface area contributed by atoms with Gasteiger partial charge in [-0.15, -0.1) is 0 Å². The van der Waals surface area contributed by atoms with Crippen molar-refractivity contribution in [3.05, 3.63) is 59.2 Å². The van der Waals surface area contributed by atoms with Crippen molar-refractivity contribution in [3.8, 4) is 5.75 Å². The molecule has 1 aliphatic rings. The van der Waals surface area contributed by atoms with Crippen LogP contribution in [0.3, 0.4) is 0 Å². The van der Waals surface area contributed by atoms with Crippen LogP contribution < -0.4 is 4.90 Å². The molecular formula is C19H16F6N2O2. The first-order valence-electron chi connectivity index (χ1n) is 8.58. The minimum atomic E-state index is -5.01. The van der Waals surface area contributed by atoms with Crippen LogP contribution in [0.15, 0.2) is 42.5 Å². The highest BCUT2D eigenvalue weighted by Gasteiger charge is 2.38. The lowest BCUT2D eigenvalue weighted by Gasteiger charge is -2.36. The number of carbonyl (C=O) groups excluding carboxylic acids is 1. The molecule has 0 atom stereocenters. The van der Waals surface area contributed by atoms with Gasteiger partial charge < -0.3 is 14.9 Å². The van der Waals surface area contributed by atoms with E-state index in [0.717, 1.165) is 0 Å². The zero-order chi connectivity index (χ0) is 21.4. The number of piperazine rings is 1. The predicted octanol–water partition coefficient (Wildman–Crippen LogP) is 4.39. The molecule has 1 N–H and O–H groups in total. The molecule has 3 rings (SSSR count). The molecule has 1 heterocycles. The number of para-hydroxylation sites is 2. The molecule has 2 aromatic carbocycles. The van der Waals surface area contributed by atoms with Gasteiger partial charge in [-0.1, -0.05) is 12.1 Å². The highest BCUT2D eigenvalue weighted by molar-refractivity contribution is 5.95. The summed E-state index contributed by atoms with van der Waals surface area (Å²) in [5, 5.41) is 9.89. The van der Waals surface area contributed by atoms with E-state index in [9.17, 15) is 36.2 Å². The minimum Gasteiger partial charge on any atom is -0.506 e. The molecule has 156 valence electrons. The molecule has 0 saturated carbocycles. The van der Waals surface area contributed by atoms with E-state index < -0.39 is 35.0 Å². The Morgan fingerprint density at radius 3 is 1.83 bits per heavy atom. The summed E-state index contributed by atoms with van der Waals surface area (Å²) in [6.45, 7) is 0.721. The highest BCUT2D eigenvalue weighted by atomic mass is 19.4. The standard InChI is InChI=1S/C19H16F6N2O2/c20-18(21,22)13-9-12(10-14(11-13)19(23,24)25)17(29)27-7-5-26(6-8-27)15-3-1-2-4-16(15)28/h1-4,9-11,28H,5-8H2. The molecule has 1 aliphatic heterocycles. The Bertz CT molecular complexity index is 870. The van der Waals surface area contributed by atoms with Crippen LogP contribution in [-0.4, -0.2) is 42.1 Å². The van der Waals surface area contributed by atoms with E-state index in [1.807, 2.05) is 0 Å². The molecule has 4 nitrogen and oxygen atoms in total. The second kappa shape index (κ2) is 7.49. The maximum atomic E-state index is 13.0. The molecule has 1 saturated heterocycles. The maximum Gasteiger partial charge on any atom is 0.416 e. The van der Waals surface area contributed by atoms with E-state index in [1.54, 1.807) is 23.1 Å². The van der Waals surface area contributed by atoms with Gasteiger partial charge in [-0.25, -0.2) is 0 Å². The summed E-state index contributed by atoms with van der Waals surface area (Å²) in [6, 6.07) is 7.40. The Morgan fingerprint density at radius 1 is 0.828 bits per heavy atom. The second-order valence-corrected chi connectivity index (χ2v) is 6.56. The molecule has 0 aromatic heterocycles. The average Bonchev–Trinajstić information content (AvgIpc) is 2.66. The number of rotatable bonds is 2. The van der Waals surface area contributed by atoms with Crippen LogP contribution in [0.4, 0.5) is 32.0 Å². The van der Waals surface area contributed by atoms with Crippen molar-refractivity contribution in [3.63, 3.8) is 0 Å². The summed E-state index contributed by atoms with van der Waals surface area (Å²) in [5.41, 5.74) is -3.17. The molecule has 2 aromatic rings. The summed E-state index contributed by atoms with van der Waals surface area (Å²) in [4.78, 5) is 15.6. The largest absolute Gasteiger partial charge is 0.506 e. The number of benzene rings is 2.